The van der Waals surface area contributed by atoms with E-state index in [0.29, 0.717) is 5.69 Å². The number of para-hydroxylation sites is 1. The largest absolute Gasteiger partial charge is 0.416 e. The first-order valence-electron chi connectivity index (χ1n) is 6.73. The zero-order chi connectivity index (χ0) is 17.0. The van der Waals surface area contributed by atoms with Gasteiger partial charge in [-0.25, -0.2) is 0 Å². The number of benzene rings is 2. The van der Waals surface area contributed by atoms with E-state index in [1.807, 2.05) is 12.1 Å². The zero-order valence-electron chi connectivity index (χ0n) is 12.2. The summed E-state index contributed by atoms with van der Waals surface area (Å²) in [4.78, 5) is 11.9. The third-order valence-electron chi connectivity index (χ3n) is 3.14. The van der Waals surface area contributed by atoms with E-state index in [2.05, 4.69) is 33.2 Å². The van der Waals surface area contributed by atoms with Gasteiger partial charge in [0.1, 0.15) is 0 Å². The highest BCUT2D eigenvalue weighted by atomic mass is 127. The average molecular weight is 434 g/mol. The topological polar surface area (TPSA) is 41.1 Å². The molecule has 23 heavy (non-hydrogen) atoms. The molecule has 0 heterocycles. The number of amides is 1. The first-order valence-corrected chi connectivity index (χ1v) is 7.81. The van der Waals surface area contributed by atoms with E-state index < -0.39 is 11.7 Å². The fourth-order valence-corrected chi connectivity index (χ4v) is 2.50. The third kappa shape index (κ3) is 4.85. The fourth-order valence-electron chi connectivity index (χ4n) is 1.98. The molecule has 0 atom stereocenters. The van der Waals surface area contributed by atoms with E-state index in [9.17, 15) is 18.0 Å². The summed E-state index contributed by atoms with van der Waals surface area (Å²) in [6.07, 6.45) is -4.41. The van der Waals surface area contributed by atoms with Crippen LogP contribution < -0.4 is 10.6 Å². The van der Waals surface area contributed by atoms with Crippen LogP contribution in [0.1, 0.15) is 11.1 Å². The Kier molecular flexibility index (Phi) is 5.51. The zero-order valence-corrected chi connectivity index (χ0v) is 14.3. The van der Waals surface area contributed by atoms with Gasteiger partial charge in [0.2, 0.25) is 5.91 Å². The molecular formula is C16H14F3IN2O. The van der Waals surface area contributed by atoms with Gasteiger partial charge in [0.15, 0.2) is 0 Å². The molecule has 0 aromatic heterocycles. The molecule has 3 nitrogen and oxygen atoms in total. The Morgan fingerprint density at radius 3 is 2.52 bits per heavy atom. The number of hydrogen-bond donors (Lipinski definition) is 2. The van der Waals surface area contributed by atoms with Crippen molar-refractivity contribution < 1.29 is 18.0 Å². The standard InChI is InChI=1S/C16H14F3IN2O/c1-10-6-7-11(8-12(10)16(17,18)19)21-9-15(23)22-14-5-3-2-4-13(14)20/h2-8,21H,9H2,1H3,(H,22,23). The SMILES string of the molecule is Cc1ccc(NCC(=O)Nc2ccccc2I)cc1C(F)(F)F. The van der Waals surface area contributed by atoms with Crippen LogP contribution in [0.5, 0.6) is 0 Å². The first kappa shape index (κ1) is 17.6. The van der Waals surface area contributed by atoms with Crippen molar-refractivity contribution in [3.63, 3.8) is 0 Å². The Morgan fingerprint density at radius 1 is 1.17 bits per heavy atom. The number of aryl methyl sites for hydroxylation is 1. The van der Waals surface area contributed by atoms with Gasteiger partial charge in [0, 0.05) is 9.26 Å². The smallest absolute Gasteiger partial charge is 0.376 e. The van der Waals surface area contributed by atoms with Crippen molar-refractivity contribution in [3.05, 3.63) is 57.2 Å². The van der Waals surface area contributed by atoms with Crippen molar-refractivity contribution >= 4 is 39.9 Å². The van der Waals surface area contributed by atoms with Crippen LogP contribution in [0.15, 0.2) is 42.5 Å². The molecular weight excluding hydrogens is 420 g/mol. The molecule has 122 valence electrons. The third-order valence-corrected chi connectivity index (χ3v) is 4.08. The van der Waals surface area contributed by atoms with Crippen LogP contribution in [0, 0.1) is 10.5 Å². The molecule has 2 N–H and O–H groups in total. The molecule has 0 fully saturated rings. The number of nitrogens with one attached hydrogen (secondary N) is 2. The van der Waals surface area contributed by atoms with Crippen LogP contribution in [0.25, 0.3) is 0 Å². The fraction of sp³-hybridized carbons (Fsp3) is 0.188. The maximum Gasteiger partial charge on any atom is 0.416 e. The quantitative estimate of drug-likeness (QED) is 0.687. The van der Waals surface area contributed by atoms with Gasteiger partial charge in [-0.3, -0.25) is 4.79 Å². The second kappa shape index (κ2) is 7.20. The molecule has 0 bridgehead atoms. The van der Waals surface area contributed by atoms with Gasteiger partial charge in [-0.1, -0.05) is 18.2 Å². The summed E-state index contributed by atoms with van der Waals surface area (Å²) in [6.45, 7) is 1.28. The maximum absolute atomic E-state index is 12.9. The van der Waals surface area contributed by atoms with Crippen molar-refractivity contribution in [2.75, 3.05) is 17.2 Å². The summed E-state index contributed by atoms with van der Waals surface area (Å²) in [7, 11) is 0. The summed E-state index contributed by atoms with van der Waals surface area (Å²) in [5, 5.41) is 5.41. The minimum atomic E-state index is -4.41. The molecule has 0 saturated heterocycles. The lowest BCUT2D eigenvalue weighted by atomic mass is 10.1. The highest BCUT2D eigenvalue weighted by molar-refractivity contribution is 14.1. The van der Waals surface area contributed by atoms with E-state index in [4.69, 9.17) is 0 Å². The van der Waals surface area contributed by atoms with Crippen LogP contribution >= 0.6 is 22.6 Å². The van der Waals surface area contributed by atoms with Gasteiger partial charge < -0.3 is 10.6 Å². The molecule has 7 heteroatoms. The van der Waals surface area contributed by atoms with Gasteiger partial charge in [-0.05, 0) is 59.3 Å². The Hall–Kier alpha value is -1.77. The van der Waals surface area contributed by atoms with Gasteiger partial charge in [0.25, 0.3) is 0 Å². The summed E-state index contributed by atoms with van der Waals surface area (Å²) in [5.74, 6) is -0.330. The number of carbonyl (C=O) groups excluding carboxylic acids is 1. The molecule has 0 saturated carbocycles. The van der Waals surface area contributed by atoms with Crippen LogP contribution in [0.3, 0.4) is 0 Å². The lowest BCUT2D eigenvalue weighted by molar-refractivity contribution is -0.138. The Bertz CT molecular complexity index is 717. The van der Waals surface area contributed by atoms with Crippen LogP contribution in [0.2, 0.25) is 0 Å². The highest BCUT2D eigenvalue weighted by Crippen LogP contribution is 2.33. The number of alkyl halides is 3. The van der Waals surface area contributed by atoms with Crippen LogP contribution in [0.4, 0.5) is 24.5 Å². The molecule has 0 aliphatic rings. The first-order chi connectivity index (χ1) is 10.8. The van der Waals surface area contributed by atoms with Gasteiger partial charge in [0.05, 0.1) is 17.8 Å². The van der Waals surface area contributed by atoms with Crippen LogP contribution in [-0.2, 0) is 11.0 Å². The lowest BCUT2D eigenvalue weighted by Crippen LogP contribution is -2.22. The highest BCUT2D eigenvalue weighted by Gasteiger charge is 2.32. The number of hydrogen-bond acceptors (Lipinski definition) is 2. The predicted molar refractivity (Wildman–Crippen MR) is 92.5 cm³/mol. The summed E-state index contributed by atoms with van der Waals surface area (Å²) in [6, 6.07) is 11.1. The second-order valence-corrected chi connectivity index (χ2v) is 6.07. The molecule has 1 amide bonds. The Balaban J connectivity index is 2.01. The molecule has 0 spiro atoms. The Morgan fingerprint density at radius 2 is 1.87 bits per heavy atom. The van der Waals surface area contributed by atoms with E-state index in [1.165, 1.54) is 19.1 Å². The predicted octanol–water partition coefficient (Wildman–Crippen LogP) is 4.67. The summed E-state index contributed by atoms with van der Waals surface area (Å²) >= 11 is 2.09. The number of rotatable bonds is 4. The van der Waals surface area contributed by atoms with Gasteiger partial charge >= 0.3 is 6.18 Å². The molecule has 0 aliphatic carbocycles. The molecule has 0 unspecified atom stereocenters. The summed E-state index contributed by atoms with van der Waals surface area (Å²) < 4.78 is 39.4. The van der Waals surface area contributed by atoms with Crippen molar-refractivity contribution in [2.24, 2.45) is 0 Å². The molecule has 2 aromatic carbocycles. The molecule has 2 aromatic rings. The van der Waals surface area contributed by atoms with Crippen molar-refractivity contribution in [1.82, 2.24) is 0 Å². The minimum Gasteiger partial charge on any atom is -0.376 e. The van der Waals surface area contributed by atoms with Crippen molar-refractivity contribution in [3.8, 4) is 0 Å². The van der Waals surface area contributed by atoms with Crippen molar-refractivity contribution in [2.45, 2.75) is 13.1 Å². The van der Waals surface area contributed by atoms with E-state index >= 15 is 0 Å². The Labute approximate surface area is 145 Å². The second-order valence-electron chi connectivity index (χ2n) is 4.91. The van der Waals surface area contributed by atoms with E-state index in [0.717, 1.165) is 9.64 Å². The number of halogens is 4. The average Bonchev–Trinajstić information content (AvgIpc) is 2.47. The monoisotopic (exact) mass is 434 g/mol. The summed E-state index contributed by atoms with van der Waals surface area (Å²) in [5.41, 5.74) is 0.354. The molecule has 2 rings (SSSR count). The van der Waals surface area contributed by atoms with Gasteiger partial charge in [-0.2, -0.15) is 13.2 Å². The van der Waals surface area contributed by atoms with E-state index in [1.54, 1.807) is 12.1 Å². The minimum absolute atomic E-state index is 0.120. The molecule has 0 radical (unpaired) electrons. The lowest BCUT2D eigenvalue weighted by Gasteiger charge is -2.13. The molecule has 0 aliphatic heterocycles. The van der Waals surface area contributed by atoms with E-state index in [-0.39, 0.29) is 23.7 Å². The van der Waals surface area contributed by atoms with Crippen molar-refractivity contribution in [1.29, 1.82) is 0 Å². The maximum atomic E-state index is 12.9. The number of carbonyl (C=O) groups is 1. The normalized spacial score (nSPS) is 11.2. The van der Waals surface area contributed by atoms with Gasteiger partial charge in [-0.15, -0.1) is 0 Å². The van der Waals surface area contributed by atoms with Crippen LogP contribution in [-0.4, -0.2) is 12.5 Å². The number of anilines is 2.